The van der Waals surface area contributed by atoms with Crippen molar-refractivity contribution in [2.75, 3.05) is 6.54 Å². The van der Waals surface area contributed by atoms with Crippen LogP contribution in [0.4, 0.5) is 4.79 Å². The summed E-state index contributed by atoms with van der Waals surface area (Å²) in [5, 5.41) is 0. The molecule has 0 aromatic carbocycles. The van der Waals surface area contributed by atoms with Crippen LogP contribution >= 0.6 is 27.3 Å². The number of carbonyl (C=O) groups excluding carboxylic acids is 1. The lowest BCUT2D eigenvalue weighted by Gasteiger charge is -2.38. The maximum atomic E-state index is 12.4. The van der Waals surface area contributed by atoms with Crippen LogP contribution in [0.2, 0.25) is 0 Å². The van der Waals surface area contributed by atoms with Gasteiger partial charge in [-0.1, -0.05) is 6.92 Å². The zero-order valence-electron chi connectivity index (χ0n) is 12.5. The minimum atomic E-state index is -0.446. The highest BCUT2D eigenvalue weighted by Crippen LogP contribution is 2.38. The molecule has 0 N–H and O–H groups in total. The zero-order chi connectivity index (χ0) is 14.9. The van der Waals surface area contributed by atoms with Crippen molar-refractivity contribution >= 4 is 33.4 Å². The lowest BCUT2D eigenvalue weighted by Crippen LogP contribution is -2.44. The number of piperidine rings is 1. The molecule has 2 heterocycles. The highest BCUT2D eigenvalue weighted by molar-refractivity contribution is 9.11. The summed E-state index contributed by atoms with van der Waals surface area (Å²) in [6, 6.07) is 4.30. The molecule has 112 valence electrons. The molecule has 2 atom stereocenters. The summed E-state index contributed by atoms with van der Waals surface area (Å²) in [5.74, 6) is 0.530. The second-order valence-corrected chi connectivity index (χ2v) is 8.97. The number of nitrogens with zero attached hydrogens (tertiary/aromatic N) is 1. The second-order valence-electron chi connectivity index (χ2n) is 6.47. The van der Waals surface area contributed by atoms with Crippen LogP contribution in [0.5, 0.6) is 0 Å². The zero-order valence-corrected chi connectivity index (χ0v) is 14.9. The van der Waals surface area contributed by atoms with E-state index >= 15 is 0 Å². The lowest BCUT2D eigenvalue weighted by molar-refractivity contribution is 0.00412. The van der Waals surface area contributed by atoms with E-state index in [9.17, 15) is 4.79 Å². The molecule has 1 amide bonds. The first-order chi connectivity index (χ1) is 9.26. The standard InChI is InChI=1S/C15H22BrNO2S/c1-10-5-6-11(12-7-8-13(16)20-12)17(9-10)14(18)19-15(2,3)4/h7-8,10-11H,5-6,9H2,1-4H3. The molecule has 2 unspecified atom stereocenters. The Kier molecular flexibility index (Phi) is 4.80. The van der Waals surface area contributed by atoms with Gasteiger partial charge < -0.3 is 9.64 Å². The summed E-state index contributed by atoms with van der Waals surface area (Å²) in [6.45, 7) is 8.70. The number of likely N-dealkylation sites (tertiary alicyclic amines) is 1. The van der Waals surface area contributed by atoms with Crippen molar-refractivity contribution in [3.8, 4) is 0 Å². The van der Waals surface area contributed by atoms with Crippen molar-refractivity contribution in [1.29, 1.82) is 0 Å². The summed E-state index contributed by atoms with van der Waals surface area (Å²) in [4.78, 5) is 15.6. The van der Waals surface area contributed by atoms with Gasteiger partial charge >= 0.3 is 6.09 Å². The fourth-order valence-electron chi connectivity index (χ4n) is 2.48. The van der Waals surface area contributed by atoms with Gasteiger partial charge in [-0.2, -0.15) is 0 Å². The Labute approximate surface area is 133 Å². The summed E-state index contributed by atoms with van der Waals surface area (Å²) in [7, 11) is 0. The summed E-state index contributed by atoms with van der Waals surface area (Å²) in [5.41, 5.74) is -0.446. The number of hydrogen-bond donors (Lipinski definition) is 0. The molecular formula is C15H22BrNO2S. The summed E-state index contributed by atoms with van der Waals surface area (Å²) < 4.78 is 6.67. The maximum absolute atomic E-state index is 12.4. The van der Waals surface area contributed by atoms with Gasteiger partial charge in [-0.25, -0.2) is 4.79 Å². The van der Waals surface area contributed by atoms with Crippen LogP contribution in [0.1, 0.15) is 51.5 Å². The van der Waals surface area contributed by atoms with Gasteiger partial charge in [-0.05, 0) is 67.6 Å². The minimum Gasteiger partial charge on any atom is -0.444 e. The molecule has 0 spiro atoms. The molecule has 0 aliphatic carbocycles. The monoisotopic (exact) mass is 359 g/mol. The largest absolute Gasteiger partial charge is 0.444 e. The summed E-state index contributed by atoms with van der Waals surface area (Å²) in [6.07, 6.45) is 1.96. The van der Waals surface area contributed by atoms with Gasteiger partial charge in [0, 0.05) is 11.4 Å². The number of halogens is 1. The Hall–Kier alpha value is -0.550. The number of thiophene rings is 1. The lowest BCUT2D eigenvalue weighted by atomic mass is 9.94. The molecule has 1 aromatic heterocycles. The van der Waals surface area contributed by atoms with Crippen LogP contribution in [-0.2, 0) is 4.74 Å². The number of ether oxygens (including phenoxy) is 1. The van der Waals surface area contributed by atoms with Gasteiger partial charge in [0.05, 0.1) is 9.83 Å². The third-order valence-corrected chi connectivity index (χ3v) is 5.09. The number of hydrogen-bond acceptors (Lipinski definition) is 3. The number of rotatable bonds is 1. The average Bonchev–Trinajstić information content (AvgIpc) is 2.73. The third kappa shape index (κ3) is 3.98. The number of carbonyl (C=O) groups is 1. The summed E-state index contributed by atoms with van der Waals surface area (Å²) >= 11 is 5.20. The average molecular weight is 360 g/mol. The molecule has 3 nitrogen and oxygen atoms in total. The van der Waals surface area contributed by atoms with Gasteiger partial charge in [0.2, 0.25) is 0 Å². The van der Waals surface area contributed by atoms with Crippen molar-refractivity contribution < 1.29 is 9.53 Å². The van der Waals surface area contributed by atoms with Crippen LogP contribution in [0.3, 0.4) is 0 Å². The predicted octanol–water partition coefficient (Wildman–Crippen LogP) is 5.22. The Morgan fingerprint density at radius 3 is 2.65 bits per heavy atom. The second kappa shape index (κ2) is 6.06. The molecule has 0 bridgehead atoms. The van der Waals surface area contributed by atoms with E-state index in [1.807, 2.05) is 31.7 Å². The molecule has 1 aliphatic rings. The fraction of sp³-hybridized carbons (Fsp3) is 0.667. The molecule has 1 aromatic rings. The smallest absolute Gasteiger partial charge is 0.410 e. The molecule has 1 saturated heterocycles. The first-order valence-electron chi connectivity index (χ1n) is 7.01. The van der Waals surface area contributed by atoms with E-state index in [2.05, 4.69) is 28.9 Å². The number of amides is 1. The fourth-order valence-corrected chi connectivity index (χ4v) is 4.05. The molecule has 1 fully saturated rings. The predicted molar refractivity (Wildman–Crippen MR) is 86.1 cm³/mol. The van der Waals surface area contributed by atoms with Crippen LogP contribution in [0.15, 0.2) is 15.9 Å². The van der Waals surface area contributed by atoms with Crippen molar-refractivity contribution in [1.82, 2.24) is 4.90 Å². The van der Waals surface area contributed by atoms with Gasteiger partial charge in [0.25, 0.3) is 0 Å². The third-order valence-electron chi connectivity index (χ3n) is 3.37. The molecule has 0 saturated carbocycles. The van der Waals surface area contributed by atoms with Gasteiger partial charge in [-0.15, -0.1) is 11.3 Å². The van der Waals surface area contributed by atoms with Gasteiger partial charge in [-0.3, -0.25) is 0 Å². The Balaban J connectivity index is 2.18. The molecular weight excluding hydrogens is 338 g/mol. The maximum Gasteiger partial charge on any atom is 0.410 e. The van der Waals surface area contributed by atoms with Crippen molar-refractivity contribution in [2.24, 2.45) is 5.92 Å². The van der Waals surface area contributed by atoms with Crippen molar-refractivity contribution in [3.05, 3.63) is 20.8 Å². The first-order valence-corrected chi connectivity index (χ1v) is 8.62. The van der Waals surface area contributed by atoms with Crippen molar-refractivity contribution in [2.45, 2.75) is 52.2 Å². The highest BCUT2D eigenvalue weighted by atomic mass is 79.9. The van der Waals surface area contributed by atoms with E-state index in [0.717, 1.165) is 23.2 Å². The van der Waals surface area contributed by atoms with Crippen LogP contribution in [0, 0.1) is 5.92 Å². The van der Waals surface area contributed by atoms with E-state index in [0.29, 0.717) is 5.92 Å². The molecule has 0 radical (unpaired) electrons. The van der Waals surface area contributed by atoms with Gasteiger partial charge in [0.1, 0.15) is 5.60 Å². The van der Waals surface area contributed by atoms with Crippen LogP contribution in [0.25, 0.3) is 0 Å². The van der Waals surface area contributed by atoms with E-state index in [1.54, 1.807) is 11.3 Å². The quantitative estimate of drug-likeness (QED) is 0.687. The van der Waals surface area contributed by atoms with E-state index in [-0.39, 0.29) is 12.1 Å². The molecule has 2 rings (SSSR count). The topological polar surface area (TPSA) is 29.5 Å². The minimum absolute atomic E-state index is 0.150. The SMILES string of the molecule is CC1CCC(c2ccc(Br)s2)N(C(=O)OC(C)(C)C)C1. The highest BCUT2D eigenvalue weighted by Gasteiger charge is 2.34. The molecule has 1 aliphatic heterocycles. The Morgan fingerprint density at radius 1 is 1.40 bits per heavy atom. The molecule has 20 heavy (non-hydrogen) atoms. The molecule has 5 heteroatoms. The van der Waals surface area contributed by atoms with E-state index in [1.165, 1.54) is 4.88 Å². The Morgan fingerprint density at radius 2 is 2.10 bits per heavy atom. The van der Waals surface area contributed by atoms with Crippen LogP contribution < -0.4 is 0 Å². The van der Waals surface area contributed by atoms with E-state index < -0.39 is 5.60 Å². The normalized spacial score (nSPS) is 23.8. The van der Waals surface area contributed by atoms with E-state index in [4.69, 9.17) is 4.74 Å². The van der Waals surface area contributed by atoms with Gasteiger partial charge in [0.15, 0.2) is 0 Å². The Bertz CT molecular complexity index is 480. The van der Waals surface area contributed by atoms with Crippen LogP contribution in [-0.4, -0.2) is 23.1 Å². The van der Waals surface area contributed by atoms with Crippen molar-refractivity contribution in [3.63, 3.8) is 0 Å². The first kappa shape index (κ1) is 15.8.